The standard InChI is InChI=1S/C40H41Cl2N5O5/c1-20-14-26(15-21(2)36(20)42)52-13-9-10-27-28-11-12-30(41)35(34-23(4)43-45(7)24(34)5)37(28)47-22(3)19-46(39(49)38(27)47)32-17-25(48)16-31-29(32)18-33(44(31)6)40(50)51-8/h11-12,14-18,22,48H,9-10,13,19H2,1-8H3/t22-/m1/s1. The summed E-state index contributed by atoms with van der Waals surface area (Å²) in [6.45, 7) is 10.7. The monoisotopic (exact) mass is 741 g/mol. The van der Waals surface area contributed by atoms with Gasteiger partial charge in [0.2, 0.25) is 0 Å². The molecule has 0 spiro atoms. The lowest BCUT2D eigenvalue weighted by Crippen LogP contribution is -2.42. The van der Waals surface area contributed by atoms with E-state index in [4.69, 9.17) is 37.8 Å². The van der Waals surface area contributed by atoms with Crippen LogP contribution < -0.4 is 9.64 Å². The molecule has 1 aliphatic heterocycles. The third-order valence-electron chi connectivity index (χ3n) is 10.4. The van der Waals surface area contributed by atoms with E-state index in [1.807, 2.05) is 63.7 Å². The maximum atomic E-state index is 15.1. The Morgan fingerprint density at radius 3 is 2.37 bits per heavy atom. The van der Waals surface area contributed by atoms with Crippen molar-refractivity contribution in [2.75, 3.05) is 25.2 Å². The highest BCUT2D eigenvalue weighted by atomic mass is 35.5. The number of hydrogen-bond acceptors (Lipinski definition) is 6. The predicted octanol–water partition coefficient (Wildman–Crippen LogP) is 8.80. The van der Waals surface area contributed by atoms with Crippen molar-refractivity contribution in [2.45, 2.75) is 53.5 Å². The molecule has 0 saturated carbocycles. The molecule has 10 nitrogen and oxygen atoms in total. The normalized spacial score (nSPS) is 14.5. The van der Waals surface area contributed by atoms with Crippen LogP contribution in [0.15, 0.2) is 42.5 Å². The van der Waals surface area contributed by atoms with E-state index in [1.54, 1.807) is 34.7 Å². The minimum Gasteiger partial charge on any atom is -0.508 e. The lowest BCUT2D eigenvalue weighted by molar-refractivity contribution is 0.0590. The van der Waals surface area contributed by atoms with Gasteiger partial charge in [0.1, 0.15) is 22.9 Å². The van der Waals surface area contributed by atoms with Gasteiger partial charge < -0.3 is 28.6 Å². The number of esters is 1. The van der Waals surface area contributed by atoms with E-state index in [2.05, 4.69) is 11.5 Å². The number of phenols is 1. The molecule has 1 atom stereocenters. The average molecular weight is 743 g/mol. The van der Waals surface area contributed by atoms with Crippen LogP contribution in [-0.4, -0.2) is 56.2 Å². The summed E-state index contributed by atoms with van der Waals surface area (Å²) in [5, 5.41) is 18.5. The molecule has 52 heavy (non-hydrogen) atoms. The average Bonchev–Trinajstić information content (AvgIpc) is 3.70. The molecule has 1 aliphatic rings. The van der Waals surface area contributed by atoms with Crippen LogP contribution in [0.5, 0.6) is 11.5 Å². The van der Waals surface area contributed by atoms with Crippen molar-refractivity contribution in [3.05, 3.63) is 92.0 Å². The smallest absolute Gasteiger partial charge is 0.354 e. The van der Waals surface area contributed by atoms with Gasteiger partial charge in [-0.05, 0) is 88.4 Å². The number of amides is 1. The fraction of sp³-hybridized carbons (Fsp3) is 0.325. The summed E-state index contributed by atoms with van der Waals surface area (Å²) in [6, 6.07) is 12.5. The van der Waals surface area contributed by atoms with Crippen molar-refractivity contribution in [2.24, 2.45) is 14.1 Å². The van der Waals surface area contributed by atoms with Crippen LogP contribution in [-0.2, 0) is 25.3 Å². The van der Waals surface area contributed by atoms with Crippen LogP contribution in [0.4, 0.5) is 5.69 Å². The minimum atomic E-state index is -0.513. The molecule has 1 amide bonds. The highest BCUT2D eigenvalue weighted by Gasteiger charge is 2.38. The highest BCUT2D eigenvalue weighted by molar-refractivity contribution is 6.35. The van der Waals surface area contributed by atoms with Gasteiger partial charge in [-0.3, -0.25) is 9.48 Å². The zero-order valence-corrected chi connectivity index (χ0v) is 32.0. The number of ether oxygens (including phenoxy) is 2. The van der Waals surface area contributed by atoms with Gasteiger partial charge in [-0.2, -0.15) is 5.10 Å². The quantitative estimate of drug-likeness (QED) is 0.124. The third-order valence-corrected chi connectivity index (χ3v) is 11.3. The van der Waals surface area contributed by atoms with Gasteiger partial charge in [-0.15, -0.1) is 0 Å². The van der Waals surface area contributed by atoms with Crippen LogP contribution in [0.25, 0.3) is 32.9 Å². The van der Waals surface area contributed by atoms with Gasteiger partial charge in [0, 0.05) is 71.4 Å². The molecular formula is C40H41Cl2N5O5. The first kappa shape index (κ1) is 35.5. The fourth-order valence-corrected chi connectivity index (χ4v) is 8.21. The summed E-state index contributed by atoms with van der Waals surface area (Å²) in [5.41, 5.74) is 9.25. The Bertz CT molecular complexity index is 2430. The Morgan fingerprint density at radius 2 is 1.71 bits per heavy atom. The Hall–Kier alpha value is -4.93. The predicted molar refractivity (Wildman–Crippen MR) is 206 cm³/mol. The molecule has 3 aromatic heterocycles. The number of aryl methyl sites for hydroxylation is 6. The summed E-state index contributed by atoms with van der Waals surface area (Å²) in [5.74, 6) is -0.00118. The van der Waals surface area contributed by atoms with Crippen molar-refractivity contribution < 1.29 is 24.2 Å². The van der Waals surface area contributed by atoms with E-state index in [-0.39, 0.29) is 17.7 Å². The summed E-state index contributed by atoms with van der Waals surface area (Å²) in [6.07, 6.45) is 1.19. The van der Waals surface area contributed by atoms with Gasteiger partial charge in [-0.25, -0.2) is 4.79 Å². The number of nitrogens with zero attached hydrogens (tertiary/aromatic N) is 5. The number of rotatable bonds is 8. The number of hydrogen-bond donors (Lipinski definition) is 1. The van der Waals surface area contributed by atoms with E-state index in [1.165, 1.54) is 7.11 Å². The molecule has 6 aromatic rings. The number of anilines is 1. The van der Waals surface area contributed by atoms with E-state index >= 15 is 4.79 Å². The van der Waals surface area contributed by atoms with E-state index < -0.39 is 5.97 Å². The third kappa shape index (κ3) is 5.60. The molecule has 0 bridgehead atoms. The summed E-state index contributed by atoms with van der Waals surface area (Å²) in [4.78, 5) is 29.4. The van der Waals surface area contributed by atoms with Gasteiger partial charge in [0.15, 0.2) is 0 Å². The molecule has 0 saturated heterocycles. The molecule has 0 radical (unpaired) electrons. The Kier molecular flexibility index (Phi) is 9.03. The summed E-state index contributed by atoms with van der Waals surface area (Å²) < 4.78 is 16.9. The van der Waals surface area contributed by atoms with Crippen molar-refractivity contribution >= 4 is 62.6 Å². The zero-order chi connectivity index (χ0) is 37.3. The molecule has 270 valence electrons. The van der Waals surface area contributed by atoms with Crippen LogP contribution in [0, 0.1) is 27.7 Å². The van der Waals surface area contributed by atoms with Crippen molar-refractivity contribution in [3.8, 4) is 22.6 Å². The number of phenolic OH excluding ortho intramolecular Hbond substituents is 1. The molecule has 0 unspecified atom stereocenters. The van der Waals surface area contributed by atoms with Crippen molar-refractivity contribution in [1.29, 1.82) is 0 Å². The van der Waals surface area contributed by atoms with E-state index in [9.17, 15) is 9.90 Å². The summed E-state index contributed by atoms with van der Waals surface area (Å²) in [7, 11) is 4.97. The molecule has 0 fully saturated rings. The maximum absolute atomic E-state index is 15.1. The van der Waals surface area contributed by atoms with Gasteiger partial charge in [-0.1, -0.05) is 29.3 Å². The highest BCUT2D eigenvalue weighted by Crippen LogP contribution is 2.46. The Labute approximate surface area is 312 Å². The molecular weight excluding hydrogens is 701 g/mol. The first-order valence-corrected chi connectivity index (χ1v) is 18.0. The van der Waals surface area contributed by atoms with Crippen LogP contribution in [0.2, 0.25) is 10.0 Å². The number of carbonyl (C=O) groups is 2. The SMILES string of the molecule is COC(=O)c1cc2c(N3C[C@@H](C)n4c(c(CCCOc5cc(C)c(Cl)c(C)c5)c5ccc(Cl)c(-c6c(C)nn(C)c6C)c54)C3=O)cc(O)cc2n1C. The molecule has 1 N–H and O–H groups in total. The van der Waals surface area contributed by atoms with Crippen LogP contribution in [0.3, 0.4) is 0 Å². The van der Waals surface area contributed by atoms with E-state index in [0.29, 0.717) is 59.0 Å². The number of methoxy groups -OCH3 is 1. The summed E-state index contributed by atoms with van der Waals surface area (Å²) >= 11 is 13.5. The van der Waals surface area contributed by atoms with Gasteiger partial charge >= 0.3 is 5.97 Å². The number of aromatic nitrogens is 4. The van der Waals surface area contributed by atoms with E-state index in [0.717, 1.165) is 60.9 Å². The maximum Gasteiger partial charge on any atom is 0.354 e. The first-order chi connectivity index (χ1) is 24.7. The number of halogens is 2. The number of fused-ring (bicyclic) bond motifs is 4. The van der Waals surface area contributed by atoms with Crippen LogP contribution in [0.1, 0.15) is 68.4 Å². The molecule has 3 aromatic carbocycles. The number of aromatic hydroxyl groups is 1. The molecule has 4 heterocycles. The lowest BCUT2D eigenvalue weighted by Gasteiger charge is -2.34. The Balaban J connectivity index is 1.39. The molecule has 0 aliphatic carbocycles. The topological polar surface area (TPSA) is 104 Å². The second-order valence-corrected chi connectivity index (χ2v) is 14.5. The fourth-order valence-electron chi connectivity index (χ4n) is 7.86. The lowest BCUT2D eigenvalue weighted by atomic mass is 9.98. The first-order valence-electron chi connectivity index (χ1n) is 17.2. The van der Waals surface area contributed by atoms with Crippen LogP contribution >= 0.6 is 23.2 Å². The van der Waals surface area contributed by atoms with Crippen molar-refractivity contribution in [1.82, 2.24) is 18.9 Å². The Morgan fingerprint density at radius 1 is 1.00 bits per heavy atom. The van der Waals surface area contributed by atoms with Gasteiger partial charge in [0.25, 0.3) is 5.91 Å². The second kappa shape index (κ2) is 13.2. The molecule has 7 rings (SSSR count). The molecule has 12 heteroatoms. The minimum absolute atomic E-state index is 0.0201. The van der Waals surface area contributed by atoms with Gasteiger partial charge in [0.05, 0.1) is 41.2 Å². The number of carbonyl (C=O) groups excluding carboxylic acids is 2. The van der Waals surface area contributed by atoms with Crippen molar-refractivity contribution in [3.63, 3.8) is 0 Å². The zero-order valence-electron chi connectivity index (χ0n) is 30.5. The second-order valence-electron chi connectivity index (χ2n) is 13.8. The number of benzene rings is 3. The largest absolute Gasteiger partial charge is 0.508 e.